The van der Waals surface area contributed by atoms with Crippen LogP contribution in [0.1, 0.15) is 19.4 Å². The number of rotatable bonds is 8. The van der Waals surface area contributed by atoms with Crippen molar-refractivity contribution in [1.82, 2.24) is 10.2 Å². The van der Waals surface area contributed by atoms with Crippen molar-refractivity contribution in [2.45, 2.75) is 26.3 Å². The highest BCUT2D eigenvalue weighted by atomic mass is 16.4. The smallest absolute Gasteiger partial charge is 0.321 e. The van der Waals surface area contributed by atoms with Crippen molar-refractivity contribution in [3.8, 4) is 0 Å². The molecule has 100 valence electrons. The molecule has 0 spiro atoms. The zero-order valence-electron chi connectivity index (χ0n) is 11.1. The summed E-state index contributed by atoms with van der Waals surface area (Å²) < 4.78 is 0. The highest BCUT2D eigenvalue weighted by molar-refractivity contribution is 5.73. The molecule has 0 saturated heterocycles. The van der Waals surface area contributed by atoms with Gasteiger partial charge in [0.2, 0.25) is 0 Å². The lowest BCUT2D eigenvalue weighted by Gasteiger charge is -2.22. The minimum Gasteiger partial charge on any atom is -0.480 e. The van der Waals surface area contributed by atoms with Crippen LogP contribution in [-0.4, -0.2) is 41.8 Å². The second-order valence-corrected chi connectivity index (χ2v) is 4.25. The highest BCUT2D eigenvalue weighted by Crippen LogP contribution is 2.03. The second kappa shape index (κ2) is 7.84. The lowest BCUT2D eigenvalue weighted by Crippen LogP contribution is -2.44. The summed E-state index contributed by atoms with van der Waals surface area (Å²) >= 11 is 0. The van der Waals surface area contributed by atoms with E-state index >= 15 is 0 Å². The van der Waals surface area contributed by atoms with E-state index in [1.807, 2.05) is 30.3 Å². The fourth-order valence-electron chi connectivity index (χ4n) is 1.78. The minimum absolute atomic E-state index is 0.511. The summed E-state index contributed by atoms with van der Waals surface area (Å²) in [6, 6.07) is 9.16. The van der Waals surface area contributed by atoms with Crippen molar-refractivity contribution in [3.05, 3.63) is 35.9 Å². The van der Waals surface area contributed by atoms with E-state index in [-0.39, 0.29) is 0 Å². The van der Waals surface area contributed by atoms with E-state index in [4.69, 9.17) is 0 Å². The third-order valence-corrected chi connectivity index (χ3v) is 3.04. The van der Waals surface area contributed by atoms with Crippen molar-refractivity contribution in [2.24, 2.45) is 0 Å². The Labute approximate surface area is 109 Å². The van der Waals surface area contributed by atoms with Gasteiger partial charge in [0.1, 0.15) is 6.04 Å². The molecule has 0 heterocycles. The third kappa shape index (κ3) is 4.85. The van der Waals surface area contributed by atoms with Gasteiger partial charge in [-0.3, -0.25) is 15.0 Å². The third-order valence-electron chi connectivity index (χ3n) is 3.04. The zero-order chi connectivity index (χ0) is 13.4. The molecule has 2 N–H and O–H groups in total. The molecule has 0 fully saturated rings. The van der Waals surface area contributed by atoms with Crippen LogP contribution in [0.15, 0.2) is 30.3 Å². The molecule has 0 aliphatic heterocycles. The van der Waals surface area contributed by atoms with Crippen LogP contribution in [0.25, 0.3) is 0 Å². The molecule has 0 aromatic heterocycles. The average Bonchev–Trinajstić information content (AvgIpc) is 2.39. The molecule has 1 rings (SSSR count). The molecule has 0 saturated carbocycles. The van der Waals surface area contributed by atoms with E-state index in [0.717, 1.165) is 18.7 Å². The van der Waals surface area contributed by atoms with E-state index in [1.54, 1.807) is 0 Å². The van der Waals surface area contributed by atoms with Gasteiger partial charge in [0.25, 0.3) is 0 Å². The first kappa shape index (κ1) is 14.7. The highest BCUT2D eigenvalue weighted by Gasteiger charge is 2.17. The number of carbonyl (C=O) groups is 1. The molecule has 0 aliphatic carbocycles. The Hall–Kier alpha value is -1.39. The lowest BCUT2D eigenvalue weighted by molar-refractivity contribution is -0.139. The van der Waals surface area contributed by atoms with Gasteiger partial charge in [-0.15, -0.1) is 0 Å². The molecular weight excluding hydrogens is 228 g/mol. The Morgan fingerprint density at radius 1 is 1.28 bits per heavy atom. The van der Waals surface area contributed by atoms with Crippen molar-refractivity contribution in [1.29, 1.82) is 0 Å². The van der Waals surface area contributed by atoms with Crippen LogP contribution in [0.4, 0.5) is 0 Å². The standard InChI is InChI=1S/C14H22N2O2/c1-3-16(4-2)11-15-13(14(17)18)10-12-8-6-5-7-9-12/h5-9,13,15H,3-4,10-11H2,1-2H3,(H,17,18). The molecule has 0 bridgehead atoms. The molecule has 1 aromatic rings. The van der Waals surface area contributed by atoms with Crippen molar-refractivity contribution in [3.63, 3.8) is 0 Å². The number of carboxylic acid groups (broad SMARTS) is 1. The number of nitrogens with zero attached hydrogens (tertiary/aromatic N) is 1. The average molecular weight is 250 g/mol. The van der Waals surface area contributed by atoms with Crippen molar-refractivity contribution >= 4 is 5.97 Å². The molecule has 0 aliphatic rings. The van der Waals surface area contributed by atoms with E-state index in [0.29, 0.717) is 13.1 Å². The maximum atomic E-state index is 11.2. The Balaban J connectivity index is 2.53. The summed E-state index contributed by atoms with van der Waals surface area (Å²) in [7, 11) is 0. The molecule has 1 aromatic carbocycles. The van der Waals surface area contributed by atoms with Crippen LogP contribution in [0.3, 0.4) is 0 Å². The van der Waals surface area contributed by atoms with E-state index < -0.39 is 12.0 Å². The zero-order valence-corrected chi connectivity index (χ0v) is 11.1. The Morgan fingerprint density at radius 2 is 1.89 bits per heavy atom. The fraction of sp³-hybridized carbons (Fsp3) is 0.500. The van der Waals surface area contributed by atoms with Gasteiger partial charge in [-0.05, 0) is 25.1 Å². The predicted molar refractivity (Wildman–Crippen MR) is 72.5 cm³/mol. The Bertz CT molecular complexity index is 350. The Morgan fingerprint density at radius 3 is 2.39 bits per heavy atom. The van der Waals surface area contributed by atoms with Crippen LogP contribution in [0.2, 0.25) is 0 Å². The van der Waals surface area contributed by atoms with Crippen LogP contribution in [0.5, 0.6) is 0 Å². The van der Waals surface area contributed by atoms with Crippen LogP contribution in [-0.2, 0) is 11.2 Å². The van der Waals surface area contributed by atoms with Crippen LogP contribution in [0, 0.1) is 0 Å². The predicted octanol–water partition coefficient (Wildman–Crippen LogP) is 1.57. The van der Waals surface area contributed by atoms with Gasteiger partial charge in [0.05, 0.1) is 0 Å². The van der Waals surface area contributed by atoms with Gasteiger partial charge in [0, 0.05) is 6.67 Å². The summed E-state index contributed by atoms with van der Waals surface area (Å²) in [6.45, 7) is 6.58. The number of carboxylic acids is 1. The van der Waals surface area contributed by atoms with Crippen molar-refractivity contribution in [2.75, 3.05) is 19.8 Å². The first-order chi connectivity index (χ1) is 8.67. The summed E-state index contributed by atoms with van der Waals surface area (Å²) in [6.07, 6.45) is 0.511. The molecule has 4 nitrogen and oxygen atoms in total. The van der Waals surface area contributed by atoms with Crippen LogP contribution < -0.4 is 5.32 Å². The molecular formula is C14H22N2O2. The molecule has 4 heteroatoms. The molecule has 18 heavy (non-hydrogen) atoms. The van der Waals surface area contributed by atoms with Gasteiger partial charge in [-0.1, -0.05) is 44.2 Å². The minimum atomic E-state index is -0.800. The summed E-state index contributed by atoms with van der Waals surface area (Å²) in [5, 5.41) is 12.3. The van der Waals surface area contributed by atoms with E-state index in [1.165, 1.54) is 0 Å². The van der Waals surface area contributed by atoms with Gasteiger partial charge >= 0.3 is 5.97 Å². The van der Waals surface area contributed by atoms with E-state index in [2.05, 4.69) is 24.1 Å². The Kier molecular flexibility index (Phi) is 6.39. The molecule has 0 radical (unpaired) electrons. The maximum absolute atomic E-state index is 11.2. The normalized spacial score (nSPS) is 12.6. The summed E-state index contributed by atoms with van der Waals surface area (Å²) in [5.41, 5.74) is 1.04. The lowest BCUT2D eigenvalue weighted by atomic mass is 10.1. The molecule has 0 amide bonds. The quantitative estimate of drug-likeness (QED) is 0.688. The van der Waals surface area contributed by atoms with E-state index in [9.17, 15) is 9.90 Å². The van der Waals surface area contributed by atoms with Gasteiger partial charge in [0.15, 0.2) is 0 Å². The largest absolute Gasteiger partial charge is 0.480 e. The van der Waals surface area contributed by atoms with Gasteiger partial charge < -0.3 is 5.11 Å². The SMILES string of the molecule is CCN(CC)CNC(Cc1ccccc1)C(=O)O. The number of hydrogen-bond donors (Lipinski definition) is 2. The number of aliphatic carboxylic acids is 1. The van der Waals surface area contributed by atoms with Gasteiger partial charge in [-0.2, -0.15) is 0 Å². The molecule has 1 atom stereocenters. The number of benzene rings is 1. The summed E-state index contributed by atoms with van der Waals surface area (Å²) in [5.74, 6) is -0.800. The maximum Gasteiger partial charge on any atom is 0.321 e. The second-order valence-electron chi connectivity index (χ2n) is 4.25. The first-order valence-corrected chi connectivity index (χ1v) is 6.39. The van der Waals surface area contributed by atoms with Crippen molar-refractivity contribution < 1.29 is 9.90 Å². The summed E-state index contributed by atoms with van der Waals surface area (Å²) in [4.78, 5) is 13.4. The fourth-order valence-corrected chi connectivity index (χ4v) is 1.78. The first-order valence-electron chi connectivity index (χ1n) is 6.39. The molecule has 1 unspecified atom stereocenters. The van der Waals surface area contributed by atoms with Crippen LogP contribution >= 0.6 is 0 Å². The number of hydrogen-bond acceptors (Lipinski definition) is 3. The number of nitrogens with one attached hydrogen (secondary N) is 1. The van der Waals surface area contributed by atoms with Gasteiger partial charge in [-0.25, -0.2) is 0 Å². The topological polar surface area (TPSA) is 52.6 Å². The monoisotopic (exact) mass is 250 g/mol.